The second-order valence-electron chi connectivity index (χ2n) is 6.63. The second-order valence-corrected chi connectivity index (χ2v) is 8.85. The maximum Gasteiger partial charge on any atom is 0.289 e. The molecule has 0 aromatic heterocycles. The van der Waals surface area contributed by atoms with Gasteiger partial charge in [0.25, 0.3) is 15.7 Å². The number of halogens is 1. The van der Waals surface area contributed by atoms with Crippen LogP contribution >= 0.6 is 11.6 Å². The van der Waals surface area contributed by atoms with Gasteiger partial charge in [-0.1, -0.05) is 43.5 Å². The molecule has 1 aliphatic carbocycles. The first kappa shape index (κ1) is 19.6. The van der Waals surface area contributed by atoms with E-state index < -0.39 is 20.6 Å². The van der Waals surface area contributed by atoms with Crippen molar-refractivity contribution in [3.63, 3.8) is 0 Å². The van der Waals surface area contributed by atoms with Crippen LogP contribution < -0.4 is 4.31 Å². The molecule has 2 aromatic rings. The van der Waals surface area contributed by atoms with Gasteiger partial charge in [-0.05, 0) is 49.1 Å². The van der Waals surface area contributed by atoms with Gasteiger partial charge < -0.3 is 0 Å². The van der Waals surface area contributed by atoms with Crippen molar-refractivity contribution in [2.45, 2.75) is 50.0 Å². The lowest BCUT2D eigenvalue weighted by molar-refractivity contribution is -0.384. The zero-order chi connectivity index (χ0) is 19.6. The van der Waals surface area contributed by atoms with Gasteiger partial charge in [0.05, 0.1) is 15.5 Å². The molecule has 144 valence electrons. The smallest absolute Gasteiger partial charge is 0.263 e. The predicted octanol–water partition coefficient (Wildman–Crippen LogP) is 4.95. The molecule has 0 radical (unpaired) electrons. The number of nitro benzene ring substituents is 1. The molecule has 0 aliphatic heterocycles. The minimum atomic E-state index is -3.96. The fraction of sp³-hybridized carbons (Fsp3) is 0.368. The van der Waals surface area contributed by atoms with Gasteiger partial charge in [-0.3, -0.25) is 14.4 Å². The van der Waals surface area contributed by atoms with Crippen molar-refractivity contribution in [1.29, 1.82) is 0 Å². The average Bonchev–Trinajstić information content (AvgIpc) is 3.16. The van der Waals surface area contributed by atoms with E-state index in [4.69, 9.17) is 11.6 Å². The molecule has 1 fully saturated rings. The van der Waals surface area contributed by atoms with Crippen LogP contribution in [0.2, 0.25) is 5.02 Å². The minimum absolute atomic E-state index is 0.0846. The van der Waals surface area contributed by atoms with E-state index in [1.807, 2.05) is 19.1 Å². The number of nitrogens with zero attached hydrogens (tertiary/aromatic N) is 2. The molecule has 6 nitrogen and oxygen atoms in total. The Balaban J connectivity index is 2.10. The van der Waals surface area contributed by atoms with Gasteiger partial charge in [-0.2, -0.15) is 0 Å². The summed E-state index contributed by atoms with van der Waals surface area (Å²) < 4.78 is 28.3. The zero-order valence-electron chi connectivity index (χ0n) is 15.0. The van der Waals surface area contributed by atoms with Gasteiger partial charge in [0, 0.05) is 12.1 Å². The Morgan fingerprint density at radius 2 is 1.78 bits per heavy atom. The van der Waals surface area contributed by atoms with Crippen molar-refractivity contribution < 1.29 is 13.3 Å². The number of benzene rings is 2. The average molecular weight is 409 g/mol. The molecule has 0 spiro atoms. The molecule has 0 amide bonds. The highest BCUT2D eigenvalue weighted by Crippen LogP contribution is 2.35. The summed E-state index contributed by atoms with van der Waals surface area (Å²) in [5.74, 6) is 0. The van der Waals surface area contributed by atoms with E-state index in [0.29, 0.717) is 5.69 Å². The Morgan fingerprint density at radius 3 is 2.33 bits per heavy atom. The first-order chi connectivity index (χ1) is 12.8. The van der Waals surface area contributed by atoms with E-state index in [0.717, 1.165) is 43.7 Å². The number of sulfonamides is 1. The monoisotopic (exact) mass is 408 g/mol. The van der Waals surface area contributed by atoms with Crippen LogP contribution in [-0.4, -0.2) is 19.4 Å². The predicted molar refractivity (Wildman–Crippen MR) is 106 cm³/mol. The van der Waals surface area contributed by atoms with Crippen molar-refractivity contribution >= 4 is 33.0 Å². The van der Waals surface area contributed by atoms with Gasteiger partial charge in [-0.15, -0.1) is 0 Å². The summed E-state index contributed by atoms with van der Waals surface area (Å²) in [5, 5.41) is 11.1. The molecular weight excluding hydrogens is 388 g/mol. The van der Waals surface area contributed by atoms with Crippen LogP contribution in [0.3, 0.4) is 0 Å². The van der Waals surface area contributed by atoms with Crippen molar-refractivity contribution in [2.24, 2.45) is 0 Å². The Labute approximate surface area is 164 Å². The molecule has 0 saturated heterocycles. The molecule has 0 heterocycles. The Morgan fingerprint density at radius 1 is 1.15 bits per heavy atom. The van der Waals surface area contributed by atoms with Crippen LogP contribution in [0, 0.1) is 10.1 Å². The highest BCUT2D eigenvalue weighted by molar-refractivity contribution is 7.92. The van der Waals surface area contributed by atoms with Gasteiger partial charge in [-0.25, -0.2) is 8.42 Å². The number of nitro groups is 1. The largest absolute Gasteiger partial charge is 0.289 e. The fourth-order valence-electron chi connectivity index (χ4n) is 3.47. The minimum Gasteiger partial charge on any atom is -0.263 e. The lowest BCUT2D eigenvalue weighted by Crippen LogP contribution is -2.39. The van der Waals surface area contributed by atoms with Crippen LogP contribution in [0.4, 0.5) is 11.4 Å². The van der Waals surface area contributed by atoms with Crippen LogP contribution in [0.1, 0.15) is 38.2 Å². The molecule has 8 heteroatoms. The highest BCUT2D eigenvalue weighted by atomic mass is 35.5. The molecule has 0 unspecified atom stereocenters. The van der Waals surface area contributed by atoms with Crippen LogP contribution in [0.25, 0.3) is 0 Å². The number of hydrogen-bond acceptors (Lipinski definition) is 4. The topological polar surface area (TPSA) is 80.5 Å². The summed E-state index contributed by atoms with van der Waals surface area (Å²) in [5.41, 5.74) is 1.28. The molecule has 1 aliphatic rings. The lowest BCUT2D eigenvalue weighted by atomic mass is 10.1. The Hall–Kier alpha value is -2.12. The summed E-state index contributed by atoms with van der Waals surface area (Å²) in [6.07, 6.45) is 4.32. The molecule has 3 rings (SSSR count). The third kappa shape index (κ3) is 3.94. The zero-order valence-corrected chi connectivity index (χ0v) is 16.5. The van der Waals surface area contributed by atoms with E-state index in [2.05, 4.69) is 0 Å². The van der Waals surface area contributed by atoms with Gasteiger partial charge >= 0.3 is 0 Å². The number of hydrogen-bond donors (Lipinski definition) is 0. The van der Waals surface area contributed by atoms with E-state index in [1.54, 1.807) is 12.1 Å². The standard InChI is InChI=1S/C19H21ClN2O4S/c1-2-14-7-9-16(10-8-14)21(15-5-3-4-6-15)27(25,26)17-11-12-18(20)19(13-17)22(23)24/h7-13,15H,2-6H2,1H3. The van der Waals surface area contributed by atoms with Gasteiger partial charge in [0.2, 0.25) is 0 Å². The van der Waals surface area contributed by atoms with Crippen LogP contribution in [0.5, 0.6) is 0 Å². The third-order valence-corrected chi connectivity index (χ3v) is 7.12. The summed E-state index contributed by atoms with van der Waals surface area (Å²) in [6, 6.07) is 10.9. The fourth-order valence-corrected chi connectivity index (χ4v) is 5.39. The lowest BCUT2D eigenvalue weighted by Gasteiger charge is -2.30. The van der Waals surface area contributed by atoms with Crippen LogP contribution in [-0.2, 0) is 16.4 Å². The first-order valence-corrected chi connectivity index (χ1v) is 10.7. The molecule has 0 atom stereocenters. The second kappa shape index (κ2) is 7.86. The number of anilines is 1. The first-order valence-electron chi connectivity index (χ1n) is 8.92. The molecule has 2 aromatic carbocycles. The molecule has 0 N–H and O–H groups in total. The van der Waals surface area contributed by atoms with E-state index in [1.165, 1.54) is 16.4 Å². The molecule has 1 saturated carbocycles. The Kier molecular flexibility index (Phi) is 5.72. The van der Waals surface area contributed by atoms with Gasteiger partial charge in [0.1, 0.15) is 5.02 Å². The van der Waals surface area contributed by atoms with Crippen LogP contribution in [0.15, 0.2) is 47.4 Å². The third-order valence-electron chi connectivity index (χ3n) is 4.93. The molecule has 27 heavy (non-hydrogen) atoms. The SMILES string of the molecule is CCc1ccc(N(C2CCCC2)S(=O)(=O)c2ccc(Cl)c([N+](=O)[O-])c2)cc1. The molecule has 0 bridgehead atoms. The summed E-state index contributed by atoms with van der Waals surface area (Å²) in [7, 11) is -3.96. The van der Waals surface area contributed by atoms with E-state index >= 15 is 0 Å². The Bertz CT molecular complexity index is 939. The highest BCUT2D eigenvalue weighted by Gasteiger charge is 2.34. The van der Waals surface area contributed by atoms with Crippen molar-refractivity contribution in [3.05, 3.63) is 63.2 Å². The van der Waals surface area contributed by atoms with E-state index in [9.17, 15) is 18.5 Å². The summed E-state index contributed by atoms with van der Waals surface area (Å²) in [6.45, 7) is 2.04. The summed E-state index contributed by atoms with van der Waals surface area (Å²) >= 11 is 5.85. The maximum atomic E-state index is 13.4. The van der Waals surface area contributed by atoms with Crippen molar-refractivity contribution in [2.75, 3.05) is 4.31 Å². The van der Waals surface area contributed by atoms with Crippen molar-refractivity contribution in [3.8, 4) is 0 Å². The quantitative estimate of drug-likeness (QED) is 0.500. The number of rotatable bonds is 6. The molecular formula is C19H21ClN2O4S. The van der Waals surface area contributed by atoms with E-state index in [-0.39, 0.29) is 16.0 Å². The normalized spacial score (nSPS) is 15.0. The maximum absolute atomic E-state index is 13.4. The summed E-state index contributed by atoms with van der Waals surface area (Å²) in [4.78, 5) is 10.4. The van der Waals surface area contributed by atoms with Crippen molar-refractivity contribution in [1.82, 2.24) is 0 Å². The van der Waals surface area contributed by atoms with Gasteiger partial charge in [0.15, 0.2) is 0 Å². The number of aryl methyl sites for hydroxylation is 1.